The smallest absolute Gasteiger partial charge is 0.243 e. The zero-order valence-corrected chi connectivity index (χ0v) is 22.3. The second-order valence-corrected chi connectivity index (χ2v) is 12.1. The maximum absolute atomic E-state index is 13.9. The molecule has 0 unspecified atom stereocenters. The van der Waals surface area contributed by atoms with Gasteiger partial charge in [0.2, 0.25) is 15.9 Å². The first-order chi connectivity index (χ1) is 18.3. The number of anilines is 1. The van der Waals surface area contributed by atoms with E-state index in [1.165, 1.54) is 15.6 Å². The number of benzene rings is 2. The quantitative estimate of drug-likeness (QED) is 0.314. The molecular formula is C27H26F2N4O3S2. The monoisotopic (exact) mass is 556 g/mol. The molecule has 7 nitrogen and oxygen atoms in total. The van der Waals surface area contributed by atoms with Gasteiger partial charge in [-0.2, -0.15) is 4.31 Å². The molecule has 0 bridgehead atoms. The van der Waals surface area contributed by atoms with Gasteiger partial charge in [-0.15, -0.1) is 0 Å². The van der Waals surface area contributed by atoms with Crippen molar-refractivity contribution in [1.82, 2.24) is 14.3 Å². The van der Waals surface area contributed by atoms with E-state index in [9.17, 15) is 22.0 Å². The van der Waals surface area contributed by atoms with E-state index in [0.29, 0.717) is 30.6 Å². The molecule has 1 aliphatic rings. The molecule has 2 aromatic heterocycles. The number of rotatable bonds is 7. The topological polar surface area (TPSA) is 83.5 Å². The van der Waals surface area contributed by atoms with Gasteiger partial charge in [-0.25, -0.2) is 22.2 Å². The highest BCUT2D eigenvalue weighted by atomic mass is 32.2. The Morgan fingerprint density at radius 1 is 1.11 bits per heavy atom. The number of halogens is 2. The van der Waals surface area contributed by atoms with Gasteiger partial charge in [-0.05, 0) is 60.7 Å². The number of hydrogen-bond acceptors (Lipinski definition) is 6. The fourth-order valence-electron chi connectivity index (χ4n) is 4.66. The summed E-state index contributed by atoms with van der Waals surface area (Å²) < 4.78 is 55.2. The number of amides is 1. The van der Waals surface area contributed by atoms with Crippen LogP contribution in [0.4, 0.5) is 13.9 Å². The Morgan fingerprint density at radius 2 is 1.89 bits per heavy atom. The minimum Gasteiger partial charge on any atom is -0.283 e. The third-order valence-corrected chi connectivity index (χ3v) is 9.70. The molecule has 198 valence electrons. The number of thiazole rings is 1. The van der Waals surface area contributed by atoms with E-state index in [-0.39, 0.29) is 23.9 Å². The van der Waals surface area contributed by atoms with Crippen LogP contribution in [-0.2, 0) is 27.8 Å². The number of sulfonamides is 1. The van der Waals surface area contributed by atoms with Gasteiger partial charge in [-0.1, -0.05) is 36.5 Å². The third-order valence-electron chi connectivity index (χ3n) is 6.76. The molecule has 1 saturated heterocycles. The van der Waals surface area contributed by atoms with E-state index in [4.69, 9.17) is 4.98 Å². The Bertz CT molecular complexity index is 1570. The second-order valence-electron chi connectivity index (χ2n) is 9.15. The van der Waals surface area contributed by atoms with Crippen LogP contribution >= 0.6 is 11.3 Å². The lowest BCUT2D eigenvalue weighted by molar-refractivity contribution is -0.123. The summed E-state index contributed by atoms with van der Waals surface area (Å²) in [4.78, 5) is 24.2. The van der Waals surface area contributed by atoms with Crippen molar-refractivity contribution in [3.05, 3.63) is 83.7 Å². The first kappa shape index (κ1) is 26.3. The van der Waals surface area contributed by atoms with Crippen molar-refractivity contribution in [2.75, 3.05) is 18.0 Å². The average molecular weight is 557 g/mol. The normalized spacial score (nSPS) is 15.1. The van der Waals surface area contributed by atoms with Crippen molar-refractivity contribution in [1.29, 1.82) is 0 Å². The average Bonchev–Trinajstić information content (AvgIpc) is 3.37. The van der Waals surface area contributed by atoms with Gasteiger partial charge in [-0.3, -0.25) is 14.7 Å². The van der Waals surface area contributed by atoms with Gasteiger partial charge in [0.1, 0.15) is 0 Å². The Morgan fingerprint density at radius 3 is 2.58 bits per heavy atom. The fraction of sp³-hybridized carbons (Fsp3) is 0.296. The molecule has 1 amide bonds. The maximum Gasteiger partial charge on any atom is 0.243 e. The van der Waals surface area contributed by atoms with Crippen LogP contribution in [0.1, 0.15) is 30.9 Å². The van der Waals surface area contributed by atoms with Crippen molar-refractivity contribution in [3.8, 4) is 0 Å². The van der Waals surface area contributed by atoms with Gasteiger partial charge in [0.25, 0.3) is 0 Å². The number of aryl methyl sites for hydroxylation is 1. The van der Waals surface area contributed by atoms with Crippen LogP contribution in [0.25, 0.3) is 10.2 Å². The van der Waals surface area contributed by atoms with E-state index in [0.717, 1.165) is 39.9 Å². The number of para-hydroxylation sites is 1. The van der Waals surface area contributed by atoms with E-state index < -0.39 is 27.6 Å². The third kappa shape index (κ3) is 5.18. The van der Waals surface area contributed by atoms with Crippen LogP contribution in [0.15, 0.2) is 65.8 Å². The van der Waals surface area contributed by atoms with Gasteiger partial charge >= 0.3 is 0 Å². The molecule has 0 spiro atoms. The number of nitrogens with zero attached hydrogens (tertiary/aromatic N) is 4. The first-order valence-corrected chi connectivity index (χ1v) is 14.6. The second kappa shape index (κ2) is 10.8. The van der Waals surface area contributed by atoms with Gasteiger partial charge in [0, 0.05) is 31.4 Å². The summed E-state index contributed by atoms with van der Waals surface area (Å²) in [7, 11) is -4.01. The number of aromatic nitrogens is 2. The fourth-order valence-corrected chi connectivity index (χ4v) is 7.16. The summed E-state index contributed by atoms with van der Waals surface area (Å²) in [6.45, 7) is 2.55. The SMILES string of the molecule is CCc1cccc2sc(N(Cc3cccnc3)C(=O)C3CCN(S(=O)(=O)c4ccc(F)c(F)c4)CC3)nc12. The highest BCUT2D eigenvalue weighted by Gasteiger charge is 2.35. The zero-order valence-electron chi connectivity index (χ0n) is 20.7. The lowest BCUT2D eigenvalue weighted by Crippen LogP contribution is -2.44. The summed E-state index contributed by atoms with van der Waals surface area (Å²) in [6, 6.07) is 12.3. The molecule has 0 saturated carbocycles. The predicted octanol–water partition coefficient (Wildman–Crippen LogP) is 5.17. The minimum absolute atomic E-state index is 0.0955. The predicted molar refractivity (Wildman–Crippen MR) is 142 cm³/mol. The Kier molecular flexibility index (Phi) is 7.51. The number of pyridine rings is 1. The lowest BCUT2D eigenvalue weighted by Gasteiger charge is -2.33. The Hall–Kier alpha value is -3.28. The molecule has 1 aliphatic heterocycles. The van der Waals surface area contributed by atoms with E-state index in [1.54, 1.807) is 17.3 Å². The van der Waals surface area contributed by atoms with Crippen LogP contribution in [0.5, 0.6) is 0 Å². The first-order valence-electron chi connectivity index (χ1n) is 12.3. The molecule has 0 atom stereocenters. The number of fused-ring (bicyclic) bond motifs is 1. The molecule has 11 heteroatoms. The van der Waals surface area contributed by atoms with Gasteiger partial charge < -0.3 is 0 Å². The lowest BCUT2D eigenvalue weighted by atomic mass is 9.96. The van der Waals surface area contributed by atoms with Crippen LogP contribution in [-0.4, -0.2) is 41.7 Å². The molecule has 2 aromatic carbocycles. The van der Waals surface area contributed by atoms with Crippen molar-refractivity contribution >= 4 is 42.6 Å². The van der Waals surface area contributed by atoms with E-state index in [1.807, 2.05) is 30.3 Å². The molecule has 3 heterocycles. The van der Waals surface area contributed by atoms with Crippen LogP contribution in [0.2, 0.25) is 0 Å². The molecule has 38 heavy (non-hydrogen) atoms. The van der Waals surface area contributed by atoms with Gasteiger partial charge in [0.15, 0.2) is 16.8 Å². The molecule has 5 rings (SSSR count). The Labute approximate surface area is 223 Å². The minimum atomic E-state index is -4.01. The zero-order chi connectivity index (χ0) is 26.9. The van der Waals surface area contributed by atoms with Crippen molar-refractivity contribution in [2.24, 2.45) is 5.92 Å². The standard InChI is InChI=1S/C27H26F2N4O3S2/c1-2-19-6-3-7-24-25(19)31-27(37-24)33(17-18-5-4-12-30-16-18)26(34)20-10-13-32(14-11-20)38(35,36)21-8-9-22(28)23(29)15-21/h3-9,12,15-16,20H,2,10-11,13-14,17H2,1H3. The Balaban J connectivity index is 1.38. The van der Waals surface area contributed by atoms with E-state index >= 15 is 0 Å². The number of carbonyl (C=O) groups is 1. The summed E-state index contributed by atoms with van der Waals surface area (Å²) in [5.74, 6) is -2.87. The van der Waals surface area contributed by atoms with Crippen molar-refractivity contribution in [3.63, 3.8) is 0 Å². The largest absolute Gasteiger partial charge is 0.283 e. The summed E-state index contributed by atoms with van der Waals surface area (Å²) in [6.07, 6.45) is 4.81. The molecule has 1 fully saturated rings. The van der Waals surface area contributed by atoms with E-state index in [2.05, 4.69) is 11.9 Å². The highest BCUT2D eigenvalue weighted by Crippen LogP contribution is 2.34. The van der Waals surface area contributed by atoms with Crippen LogP contribution in [0, 0.1) is 17.6 Å². The summed E-state index contributed by atoms with van der Waals surface area (Å²) in [5, 5.41) is 0.589. The summed E-state index contributed by atoms with van der Waals surface area (Å²) >= 11 is 1.45. The molecule has 0 N–H and O–H groups in total. The number of piperidine rings is 1. The highest BCUT2D eigenvalue weighted by molar-refractivity contribution is 7.89. The van der Waals surface area contributed by atoms with Gasteiger partial charge in [0.05, 0.1) is 21.7 Å². The molecule has 0 aliphatic carbocycles. The number of carbonyl (C=O) groups excluding carboxylic acids is 1. The molecule has 0 radical (unpaired) electrons. The van der Waals surface area contributed by atoms with Crippen LogP contribution < -0.4 is 4.90 Å². The van der Waals surface area contributed by atoms with Crippen molar-refractivity contribution < 1.29 is 22.0 Å². The molecule has 4 aromatic rings. The molecular weight excluding hydrogens is 530 g/mol. The number of hydrogen-bond donors (Lipinski definition) is 0. The van der Waals surface area contributed by atoms with Crippen molar-refractivity contribution in [2.45, 2.75) is 37.6 Å². The summed E-state index contributed by atoms with van der Waals surface area (Å²) in [5.41, 5.74) is 2.84. The van der Waals surface area contributed by atoms with Crippen LogP contribution in [0.3, 0.4) is 0 Å². The maximum atomic E-state index is 13.9.